The lowest BCUT2D eigenvalue weighted by Gasteiger charge is -2.25. The summed E-state index contributed by atoms with van der Waals surface area (Å²) in [5.74, 6) is -3.26. The second-order valence-corrected chi connectivity index (χ2v) is 10.3. The molecule has 37 heavy (non-hydrogen) atoms. The number of nitrogens with one attached hydrogen (secondary N) is 3. The summed E-state index contributed by atoms with van der Waals surface area (Å²) in [5.41, 5.74) is 6.75. The Balaban J connectivity index is 3.05. The average Bonchev–Trinajstić information content (AvgIpc) is 2.86. The largest absolute Gasteiger partial charge is 0.481 e. The first-order valence-electron chi connectivity index (χ1n) is 11.7. The Labute approximate surface area is 225 Å². The summed E-state index contributed by atoms with van der Waals surface area (Å²) in [5, 5.41) is 25.9. The van der Waals surface area contributed by atoms with Crippen molar-refractivity contribution < 1.29 is 34.2 Å². The van der Waals surface area contributed by atoms with Crippen molar-refractivity contribution in [2.75, 3.05) is 24.0 Å². The van der Waals surface area contributed by atoms with Crippen LogP contribution < -0.4 is 21.7 Å². The first kappa shape index (κ1) is 32.3. The van der Waals surface area contributed by atoms with E-state index in [0.717, 1.165) is 5.56 Å². The molecule has 0 heterocycles. The number of nitrogens with two attached hydrogens (primary N) is 1. The average molecular weight is 557 g/mol. The molecule has 13 heteroatoms. The summed E-state index contributed by atoms with van der Waals surface area (Å²) in [6.45, 7) is 0. The van der Waals surface area contributed by atoms with Gasteiger partial charge in [0.05, 0.1) is 6.04 Å². The van der Waals surface area contributed by atoms with Crippen LogP contribution in [-0.4, -0.2) is 88.1 Å². The van der Waals surface area contributed by atoms with E-state index in [-0.39, 0.29) is 19.3 Å². The van der Waals surface area contributed by atoms with Gasteiger partial charge in [-0.05, 0) is 48.8 Å². The maximum atomic E-state index is 13.3. The van der Waals surface area contributed by atoms with E-state index < -0.39 is 60.2 Å². The molecule has 0 fully saturated rings. The molecule has 4 atom stereocenters. The van der Waals surface area contributed by atoms with E-state index in [2.05, 4.69) is 16.0 Å². The lowest BCUT2D eigenvalue weighted by molar-refractivity contribution is -0.143. The third-order valence-electron chi connectivity index (χ3n) is 5.39. The maximum Gasteiger partial charge on any atom is 0.326 e. The van der Waals surface area contributed by atoms with Gasteiger partial charge in [0.15, 0.2) is 0 Å². The van der Waals surface area contributed by atoms with Crippen LogP contribution in [0.5, 0.6) is 0 Å². The Morgan fingerprint density at radius 1 is 0.784 bits per heavy atom. The highest BCUT2D eigenvalue weighted by Gasteiger charge is 2.30. The van der Waals surface area contributed by atoms with Crippen molar-refractivity contribution in [3.05, 3.63) is 35.9 Å². The number of rotatable bonds is 18. The van der Waals surface area contributed by atoms with Gasteiger partial charge in [-0.25, -0.2) is 4.79 Å². The van der Waals surface area contributed by atoms with Crippen LogP contribution in [0.25, 0.3) is 0 Å². The molecule has 3 amide bonds. The van der Waals surface area contributed by atoms with Crippen LogP contribution in [0.4, 0.5) is 0 Å². The molecule has 0 spiro atoms. The third kappa shape index (κ3) is 12.8. The van der Waals surface area contributed by atoms with Gasteiger partial charge in [-0.15, -0.1) is 0 Å². The molecule has 206 valence electrons. The van der Waals surface area contributed by atoms with Gasteiger partial charge < -0.3 is 31.9 Å². The lowest BCUT2D eigenvalue weighted by Crippen LogP contribution is -2.57. The molecule has 0 radical (unpaired) electrons. The number of hydrogen-bond acceptors (Lipinski definition) is 8. The minimum Gasteiger partial charge on any atom is -0.481 e. The fourth-order valence-electron chi connectivity index (χ4n) is 3.29. The van der Waals surface area contributed by atoms with Gasteiger partial charge in [0.1, 0.15) is 18.1 Å². The molecule has 4 unspecified atom stereocenters. The highest BCUT2D eigenvalue weighted by atomic mass is 32.2. The molecular weight excluding hydrogens is 520 g/mol. The van der Waals surface area contributed by atoms with Gasteiger partial charge in [-0.2, -0.15) is 23.5 Å². The Morgan fingerprint density at radius 3 is 1.89 bits per heavy atom. The monoisotopic (exact) mass is 556 g/mol. The van der Waals surface area contributed by atoms with Crippen LogP contribution in [0, 0.1) is 0 Å². The Kier molecular flexibility index (Phi) is 15.4. The van der Waals surface area contributed by atoms with Crippen LogP contribution >= 0.6 is 23.5 Å². The topological polar surface area (TPSA) is 188 Å². The molecule has 0 aliphatic rings. The van der Waals surface area contributed by atoms with Gasteiger partial charge in [0, 0.05) is 12.8 Å². The number of amides is 3. The third-order valence-corrected chi connectivity index (χ3v) is 6.68. The van der Waals surface area contributed by atoms with E-state index in [1.54, 1.807) is 36.0 Å². The second-order valence-electron chi connectivity index (χ2n) is 8.31. The lowest BCUT2D eigenvalue weighted by atomic mass is 10.0. The fourth-order valence-corrected chi connectivity index (χ4v) is 4.25. The van der Waals surface area contributed by atoms with Crippen molar-refractivity contribution in [1.82, 2.24) is 16.0 Å². The molecule has 1 aromatic rings. The van der Waals surface area contributed by atoms with Crippen molar-refractivity contribution >= 4 is 53.2 Å². The highest BCUT2D eigenvalue weighted by molar-refractivity contribution is 7.98. The SMILES string of the molecule is CSCCC(N)C(=O)NC(Cc1ccccc1)C(=O)NC(CCSC)C(=O)NC(CCC(=O)O)C(=O)O. The van der Waals surface area contributed by atoms with E-state index in [1.807, 2.05) is 18.6 Å². The summed E-state index contributed by atoms with van der Waals surface area (Å²) < 4.78 is 0. The predicted octanol–water partition coefficient (Wildman–Crippen LogP) is 0.466. The molecule has 0 aromatic heterocycles. The fraction of sp³-hybridized carbons (Fsp3) is 0.542. The summed E-state index contributed by atoms with van der Waals surface area (Å²) in [7, 11) is 0. The van der Waals surface area contributed by atoms with Gasteiger partial charge in [-0.1, -0.05) is 30.3 Å². The zero-order valence-electron chi connectivity index (χ0n) is 21.0. The van der Waals surface area contributed by atoms with Gasteiger partial charge in [0.25, 0.3) is 0 Å². The van der Waals surface area contributed by atoms with Gasteiger partial charge in [0.2, 0.25) is 17.7 Å². The number of carbonyl (C=O) groups excluding carboxylic acids is 3. The molecule has 11 nitrogen and oxygen atoms in total. The van der Waals surface area contributed by atoms with Crippen molar-refractivity contribution in [3.63, 3.8) is 0 Å². The van der Waals surface area contributed by atoms with Crippen LogP contribution in [0.3, 0.4) is 0 Å². The van der Waals surface area contributed by atoms with Crippen LogP contribution in [-0.2, 0) is 30.4 Å². The van der Waals surface area contributed by atoms with Crippen molar-refractivity contribution in [1.29, 1.82) is 0 Å². The van der Waals surface area contributed by atoms with Crippen molar-refractivity contribution in [3.8, 4) is 0 Å². The minimum absolute atomic E-state index is 0.154. The Bertz CT molecular complexity index is 904. The highest BCUT2D eigenvalue weighted by Crippen LogP contribution is 2.08. The smallest absolute Gasteiger partial charge is 0.326 e. The summed E-state index contributed by atoms with van der Waals surface area (Å²) in [4.78, 5) is 61.2. The molecular formula is C24H36N4O7S2. The number of benzene rings is 1. The normalized spacial score (nSPS) is 14.0. The van der Waals surface area contributed by atoms with E-state index >= 15 is 0 Å². The number of hydrogen-bond donors (Lipinski definition) is 6. The molecule has 0 aliphatic carbocycles. The zero-order chi connectivity index (χ0) is 27.8. The van der Waals surface area contributed by atoms with Crippen molar-refractivity contribution in [2.24, 2.45) is 5.73 Å². The van der Waals surface area contributed by atoms with E-state index in [4.69, 9.17) is 10.8 Å². The molecule has 1 rings (SSSR count). The molecule has 0 aliphatic heterocycles. The second kappa shape index (κ2) is 17.6. The first-order chi connectivity index (χ1) is 17.6. The molecule has 7 N–H and O–H groups in total. The van der Waals surface area contributed by atoms with Crippen LogP contribution in [0.15, 0.2) is 30.3 Å². The van der Waals surface area contributed by atoms with E-state index in [9.17, 15) is 29.1 Å². The zero-order valence-corrected chi connectivity index (χ0v) is 22.6. The van der Waals surface area contributed by atoms with E-state index in [0.29, 0.717) is 17.9 Å². The molecule has 0 saturated carbocycles. The molecule has 1 aromatic carbocycles. The Morgan fingerprint density at radius 2 is 1.32 bits per heavy atom. The maximum absolute atomic E-state index is 13.3. The van der Waals surface area contributed by atoms with Gasteiger partial charge >= 0.3 is 11.9 Å². The first-order valence-corrected chi connectivity index (χ1v) is 14.5. The quantitative estimate of drug-likeness (QED) is 0.148. The number of carboxylic acid groups (broad SMARTS) is 2. The summed E-state index contributed by atoms with van der Waals surface area (Å²) >= 11 is 2.98. The number of thioether (sulfide) groups is 2. The predicted molar refractivity (Wildman–Crippen MR) is 144 cm³/mol. The molecule has 0 bridgehead atoms. The molecule has 0 saturated heterocycles. The standard InChI is InChI=1S/C24H36N4O7S2/c1-36-12-10-16(25)21(31)28-19(14-15-6-4-3-5-7-15)23(33)26-17(11-13-37-2)22(32)27-18(24(34)35)8-9-20(29)30/h3-7,16-19H,8-14,25H2,1-2H3,(H,26,33)(H,27,32)(H,28,31)(H,29,30)(H,34,35). The Hall–Kier alpha value is -2.77. The number of carbonyl (C=O) groups is 5. The summed E-state index contributed by atoms with van der Waals surface area (Å²) in [6, 6.07) is 4.68. The van der Waals surface area contributed by atoms with Crippen molar-refractivity contribution in [2.45, 2.75) is 56.3 Å². The number of carboxylic acids is 2. The van der Waals surface area contributed by atoms with Gasteiger partial charge in [-0.3, -0.25) is 19.2 Å². The minimum atomic E-state index is -1.42. The van der Waals surface area contributed by atoms with Crippen LogP contribution in [0.1, 0.15) is 31.2 Å². The van der Waals surface area contributed by atoms with Crippen LogP contribution in [0.2, 0.25) is 0 Å². The number of aliphatic carboxylic acids is 2. The van der Waals surface area contributed by atoms with E-state index in [1.165, 1.54) is 11.8 Å². The summed E-state index contributed by atoms with van der Waals surface area (Å²) in [6.07, 6.45) is 3.74.